The van der Waals surface area contributed by atoms with Crippen molar-refractivity contribution in [2.45, 2.75) is 69.5 Å². The number of alkyl halides is 3. The quantitative estimate of drug-likeness (QED) is 0.181. The summed E-state index contributed by atoms with van der Waals surface area (Å²) >= 11 is 0. The summed E-state index contributed by atoms with van der Waals surface area (Å²) in [6.45, 7) is 5.33. The van der Waals surface area contributed by atoms with E-state index >= 15 is 0 Å². The molecular formula is C36H39F3N6O3S. The summed E-state index contributed by atoms with van der Waals surface area (Å²) in [5.41, 5.74) is -0.525. The highest BCUT2D eigenvalue weighted by molar-refractivity contribution is 7.90. The molecular weight excluding hydrogens is 653 g/mol. The van der Waals surface area contributed by atoms with E-state index in [0.717, 1.165) is 63.8 Å². The lowest BCUT2D eigenvalue weighted by atomic mass is 9.72. The van der Waals surface area contributed by atoms with Crippen LogP contribution in [0.4, 0.5) is 13.2 Å². The van der Waals surface area contributed by atoms with E-state index < -0.39 is 38.2 Å². The van der Waals surface area contributed by atoms with E-state index in [1.165, 1.54) is 18.2 Å². The Hall–Kier alpha value is -4.23. The van der Waals surface area contributed by atoms with Crippen LogP contribution in [0.3, 0.4) is 0 Å². The third-order valence-electron chi connectivity index (χ3n) is 10.1. The van der Waals surface area contributed by atoms with Crippen LogP contribution in [0.2, 0.25) is 0 Å². The van der Waals surface area contributed by atoms with Crippen LogP contribution in [-0.2, 0) is 29.8 Å². The van der Waals surface area contributed by atoms with Crippen LogP contribution in [0.5, 0.6) is 0 Å². The van der Waals surface area contributed by atoms with Crippen molar-refractivity contribution < 1.29 is 21.6 Å². The Morgan fingerprint density at radius 3 is 2.41 bits per heavy atom. The number of aryl methyl sites for hydroxylation is 2. The fourth-order valence-electron chi connectivity index (χ4n) is 7.45. The molecule has 1 aliphatic carbocycles. The molecule has 2 aromatic carbocycles. The second kappa shape index (κ2) is 12.6. The van der Waals surface area contributed by atoms with Crippen LogP contribution in [0, 0.1) is 18.8 Å². The monoisotopic (exact) mass is 692 g/mol. The molecule has 0 spiro atoms. The van der Waals surface area contributed by atoms with Gasteiger partial charge in [-0.1, -0.05) is 43.2 Å². The smallest absolute Gasteiger partial charge is 0.320 e. The number of piperidine rings is 1. The Balaban J connectivity index is 1.47. The number of nitrogens with zero attached hydrogens (tertiary/aromatic N) is 6. The molecule has 13 heteroatoms. The minimum atomic E-state index is -4.88. The largest absolute Gasteiger partial charge is 0.418 e. The molecule has 2 aliphatic rings. The summed E-state index contributed by atoms with van der Waals surface area (Å²) in [5.74, 6) is 1.17. The predicted octanol–water partition coefficient (Wildman–Crippen LogP) is 6.65. The molecule has 258 valence electrons. The fourth-order valence-corrected chi connectivity index (χ4v) is 8.98. The number of aromatic nitrogens is 5. The Morgan fingerprint density at radius 1 is 1.02 bits per heavy atom. The van der Waals surface area contributed by atoms with Gasteiger partial charge in [-0.25, -0.2) is 12.4 Å². The van der Waals surface area contributed by atoms with Gasteiger partial charge in [0.25, 0.3) is 15.6 Å². The van der Waals surface area contributed by atoms with Gasteiger partial charge >= 0.3 is 6.18 Å². The summed E-state index contributed by atoms with van der Waals surface area (Å²) in [6.07, 6.45) is 2.44. The lowest BCUT2D eigenvalue weighted by molar-refractivity contribution is -0.136. The first-order chi connectivity index (χ1) is 23.3. The topological polar surface area (TPSA) is 95.0 Å². The van der Waals surface area contributed by atoms with Crippen molar-refractivity contribution in [2.24, 2.45) is 18.9 Å². The first kappa shape index (κ1) is 33.3. The van der Waals surface area contributed by atoms with E-state index in [-0.39, 0.29) is 34.7 Å². The number of rotatable bonds is 8. The van der Waals surface area contributed by atoms with Gasteiger partial charge in [0.2, 0.25) is 0 Å². The summed E-state index contributed by atoms with van der Waals surface area (Å²) in [4.78, 5) is 16.5. The maximum absolute atomic E-state index is 15.0. The third-order valence-corrected chi connectivity index (χ3v) is 11.9. The number of likely N-dealkylation sites (tertiary alicyclic amines) is 1. The van der Waals surface area contributed by atoms with Gasteiger partial charge in [0.15, 0.2) is 0 Å². The van der Waals surface area contributed by atoms with E-state index in [2.05, 4.69) is 17.1 Å². The number of hydrogen-bond acceptors (Lipinski definition) is 6. The van der Waals surface area contributed by atoms with Crippen LogP contribution < -0.4 is 5.56 Å². The first-order valence-electron chi connectivity index (χ1n) is 16.7. The van der Waals surface area contributed by atoms with Gasteiger partial charge < -0.3 is 4.57 Å². The zero-order valence-corrected chi connectivity index (χ0v) is 28.5. The highest BCUT2D eigenvalue weighted by atomic mass is 32.2. The number of halogens is 3. The number of fused-ring (bicyclic) bond motifs is 1. The molecule has 49 heavy (non-hydrogen) atoms. The standard InChI is InChI=1S/C36H39F3N6O3S/c1-23-12-14-29(15-13-23)49(47,48)45-28(20-43-16-6-7-24(2)19-43)18-30-31(36(37,38)39)21-44(35(46)33(30)45)27-11-5-10-26(17-27)32(25-8-4-9-25)34-41-40-22-42(34)3/h5,10-15,17-18,21-22,24-25,32H,4,6-9,16,19-20H2,1-3H3/t24-,32?/m0/s1. The maximum Gasteiger partial charge on any atom is 0.418 e. The highest BCUT2D eigenvalue weighted by Gasteiger charge is 2.38. The normalized spacial score (nSPS) is 18.5. The average Bonchev–Trinajstić information content (AvgIpc) is 3.62. The molecule has 1 saturated heterocycles. The Bertz CT molecular complexity index is 2180. The van der Waals surface area contributed by atoms with E-state index in [1.807, 2.05) is 29.5 Å². The highest BCUT2D eigenvalue weighted by Crippen LogP contribution is 2.43. The first-order valence-corrected chi connectivity index (χ1v) is 18.1. The maximum atomic E-state index is 15.0. The van der Waals surface area contributed by atoms with Crippen LogP contribution in [0.1, 0.15) is 73.2 Å². The van der Waals surface area contributed by atoms with E-state index in [0.29, 0.717) is 19.0 Å². The number of benzene rings is 2. The van der Waals surface area contributed by atoms with Crippen molar-refractivity contribution in [3.8, 4) is 5.69 Å². The van der Waals surface area contributed by atoms with Gasteiger partial charge in [0, 0.05) is 49.0 Å². The van der Waals surface area contributed by atoms with Crippen LogP contribution in [0.25, 0.3) is 16.6 Å². The van der Waals surface area contributed by atoms with E-state index in [4.69, 9.17) is 0 Å². The minimum Gasteiger partial charge on any atom is -0.320 e. The van der Waals surface area contributed by atoms with Gasteiger partial charge in [0.1, 0.15) is 17.7 Å². The molecule has 0 bridgehead atoms. The third kappa shape index (κ3) is 6.11. The SMILES string of the molecule is Cc1ccc(S(=O)(=O)n2c(CN3CCC[C@H](C)C3)cc3c(C(F)(F)F)cn(-c4cccc(C(c5nncn5C)C5CCC5)c4)c(=O)c32)cc1. The molecule has 2 fully saturated rings. The molecule has 5 aromatic rings. The van der Waals surface area contributed by atoms with E-state index in [9.17, 15) is 26.4 Å². The molecule has 1 saturated carbocycles. The lowest BCUT2D eigenvalue weighted by Crippen LogP contribution is -2.35. The minimum absolute atomic E-state index is 0.0805. The number of hydrogen-bond donors (Lipinski definition) is 0. The van der Waals surface area contributed by atoms with Gasteiger partial charge in [-0.05, 0) is 86.9 Å². The lowest BCUT2D eigenvalue weighted by Gasteiger charge is -2.33. The summed E-state index contributed by atoms with van der Waals surface area (Å²) < 4.78 is 77.4. The Morgan fingerprint density at radius 2 is 1.78 bits per heavy atom. The van der Waals surface area contributed by atoms with Gasteiger partial charge in [-0.3, -0.25) is 14.3 Å². The van der Waals surface area contributed by atoms with Crippen LogP contribution in [0.15, 0.2) is 76.8 Å². The van der Waals surface area contributed by atoms with Crippen molar-refractivity contribution >= 4 is 20.9 Å². The molecule has 7 rings (SSSR count). The molecule has 3 aromatic heterocycles. The average molecular weight is 693 g/mol. The predicted molar refractivity (Wildman–Crippen MR) is 180 cm³/mol. The van der Waals surface area contributed by atoms with Crippen molar-refractivity contribution in [3.63, 3.8) is 0 Å². The molecule has 4 heterocycles. The van der Waals surface area contributed by atoms with Crippen molar-refractivity contribution in [2.75, 3.05) is 13.1 Å². The van der Waals surface area contributed by atoms with E-state index in [1.54, 1.807) is 36.7 Å². The Kier molecular flexibility index (Phi) is 8.54. The zero-order valence-electron chi connectivity index (χ0n) is 27.7. The molecule has 9 nitrogen and oxygen atoms in total. The molecule has 0 N–H and O–H groups in total. The van der Waals surface area contributed by atoms with Crippen LogP contribution >= 0.6 is 0 Å². The zero-order chi connectivity index (χ0) is 34.7. The molecule has 0 amide bonds. The van der Waals surface area contributed by atoms with Crippen molar-refractivity contribution in [1.29, 1.82) is 0 Å². The van der Waals surface area contributed by atoms with Gasteiger partial charge in [-0.15, -0.1) is 10.2 Å². The van der Waals surface area contributed by atoms with Gasteiger partial charge in [0.05, 0.1) is 10.5 Å². The summed E-state index contributed by atoms with van der Waals surface area (Å²) in [6, 6.07) is 14.2. The summed E-state index contributed by atoms with van der Waals surface area (Å²) in [7, 11) is -2.64. The van der Waals surface area contributed by atoms with Crippen LogP contribution in [-0.4, -0.2) is 49.7 Å². The van der Waals surface area contributed by atoms with Gasteiger partial charge in [-0.2, -0.15) is 13.2 Å². The molecule has 1 unspecified atom stereocenters. The molecule has 0 radical (unpaired) electrons. The number of pyridine rings is 1. The second-order valence-corrected chi connectivity index (χ2v) is 15.5. The fraction of sp³-hybridized carbons (Fsp3) is 0.417. The second-order valence-electron chi connectivity index (χ2n) is 13.7. The summed E-state index contributed by atoms with van der Waals surface area (Å²) in [5, 5.41) is 7.97. The van der Waals surface area contributed by atoms with Crippen molar-refractivity contribution in [1.82, 2.24) is 28.2 Å². The Labute approximate surface area is 283 Å². The molecule has 1 aliphatic heterocycles. The van der Waals surface area contributed by atoms with Crippen molar-refractivity contribution in [3.05, 3.63) is 106 Å². The molecule has 2 atom stereocenters.